The van der Waals surface area contributed by atoms with Gasteiger partial charge in [-0.15, -0.1) is 0 Å². The average Bonchev–Trinajstić information content (AvgIpc) is 3.37. The van der Waals surface area contributed by atoms with Gasteiger partial charge in [0.2, 0.25) is 5.91 Å². The highest BCUT2D eigenvalue weighted by atomic mass is 35.5. The van der Waals surface area contributed by atoms with Crippen molar-refractivity contribution >= 4 is 40.1 Å². The van der Waals surface area contributed by atoms with E-state index in [1.54, 1.807) is 6.07 Å². The van der Waals surface area contributed by atoms with Gasteiger partial charge < -0.3 is 19.3 Å². The van der Waals surface area contributed by atoms with Crippen molar-refractivity contribution in [1.82, 2.24) is 19.4 Å². The van der Waals surface area contributed by atoms with Crippen LogP contribution in [0.25, 0.3) is 0 Å². The minimum atomic E-state index is -1.58. The average molecular weight is 807 g/mol. The number of carbonyl (C=O) groups is 2. The smallest absolute Gasteiger partial charge is 0.263 e. The highest BCUT2D eigenvalue weighted by Crippen LogP contribution is 2.47. The number of amides is 2. The van der Waals surface area contributed by atoms with Gasteiger partial charge in [-0.05, 0) is 97.9 Å². The fraction of sp³-hybridized carbons (Fsp3) is 0.591. The summed E-state index contributed by atoms with van der Waals surface area (Å²) in [5.41, 5.74) is 3.32. The second kappa shape index (κ2) is 17.7. The summed E-state index contributed by atoms with van der Waals surface area (Å²) in [4.78, 5) is 35.7. The topological polar surface area (TPSA) is 94.7 Å². The number of hydrogen-bond donors (Lipinski definition) is 1. The van der Waals surface area contributed by atoms with Gasteiger partial charge in [0.1, 0.15) is 22.3 Å². The molecule has 12 heteroatoms. The van der Waals surface area contributed by atoms with Gasteiger partial charge in [0.25, 0.3) is 5.91 Å². The molecule has 2 saturated heterocycles. The zero-order chi connectivity index (χ0) is 39.6. The van der Waals surface area contributed by atoms with Crippen molar-refractivity contribution < 1.29 is 23.3 Å². The standard InChI is InChI=1S/C44H60ClN5O5S/c1-6-9-32-22-36(45)13-14-38(32)35-25-50-24-34-11-15-39(34)44(54-5,29-47-18-19-48-20-21-49(42(51)7-2)27-37(48)26-47)17-8-10-30(3)31(4)56(53)46-43(52)33-12-16-41(55-28-35)40(50)23-33/h7-8,12-14,16-17,22-23,30-31,34-35,37,39H,2,6,9-11,15,18-21,24-29H2,1,3-5H3,(H,46,52)/b17-8+. The van der Waals surface area contributed by atoms with Crippen molar-refractivity contribution in [2.45, 2.75) is 75.7 Å². The van der Waals surface area contributed by atoms with Crippen LogP contribution in [0.2, 0.25) is 5.02 Å². The van der Waals surface area contributed by atoms with Gasteiger partial charge in [0, 0.05) is 88.6 Å². The van der Waals surface area contributed by atoms with Crippen LogP contribution < -0.4 is 14.4 Å². The molecule has 0 radical (unpaired) electrons. The Morgan fingerprint density at radius 2 is 1.91 bits per heavy atom. The maximum atomic E-state index is 13.6. The molecular weight excluding hydrogens is 746 g/mol. The van der Waals surface area contributed by atoms with Gasteiger partial charge in [-0.3, -0.25) is 24.1 Å². The van der Waals surface area contributed by atoms with Crippen LogP contribution in [0.3, 0.4) is 0 Å². The third kappa shape index (κ3) is 8.63. The largest absolute Gasteiger partial charge is 0.491 e. The summed E-state index contributed by atoms with van der Waals surface area (Å²) in [6.07, 6.45) is 10.8. The Balaban J connectivity index is 1.23. The number of allylic oxidation sites excluding steroid dienone is 1. The normalized spacial score (nSPS) is 32.2. The fourth-order valence-electron chi connectivity index (χ4n) is 9.72. The first kappa shape index (κ1) is 41.0. The van der Waals surface area contributed by atoms with Crippen LogP contribution >= 0.6 is 11.6 Å². The molecule has 8 atom stereocenters. The molecule has 3 fully saturated rings. The molecule has 1 aliphatic carbocycles. The summed E-state index contributed by atoms with van der Waals surface area (Å²) in [5, 5.41) is 0.481. The van der Waals surface area contributed by atoms with E-state index in [2.05, 4.69) is 64.1 Å². The third-order valence-corrected chi connectivity index (χ3v) is 15.1. The van der Waals surface area contributed by atoms with Crippen LogP contribution in [0.15, 0.2) is 61.2 Å². The zero-order valence-corrected chi connectivity index (χ0v) is 35.2. The minimum absolute atomic E-state index is 0.00394. The van der Waals surface area contributed by atoms with Gasteiger partial charge in [-0.2, -0.15) is 0 Å². The zero-order valence-electron chi connectivity index (χ0n) is 33.6. The molecule has 10 nitrogen and oxygen atoms in total. The Morgan fingerprint density at radius 3 is 2.66 bits per heavy atom. The Labute approximate surface area is 341 Å². The van der Waals surface area contributed by atoms with Gasteiger partial charge in [0.05, 0.1) is 17.5 Å². The van der Waals surface area contributed by atoms with E-state index in [0.29, 0.717) is 31.1 Å². The molecule has 2 amide bonds. The number of fused-ring (bicyclic) bond motifs is 3. The van der Waals surface area contributed by atoms with E-state index in [0.717, 1.165) is 94.5 Å². The van der Waals surface area contributed by atoms with Crippen molar-refractivity contribution in [3.8, 4) is 5.75 Å². The van der Waals surface area contributed by atoms with Gasteiger partial charge >= 0.3 is 0 Å². The number of anilines is 1. The Morgan fingerprint density at radius 1 is 1.09 bits per heavy atom. The van der Waals surface area contributed by atoms with Crippen LogP contribution in [-0.2, 0) is 26.9 Å². The number of halogens is 1. The van der Waals surface area contributed by atoms with Crippen LogP contribution in [0.1, 0.15) is 73.9 Å². The molecule has 1 saturated carbocycles. The molecule has 0 spiro atoms. The summed E-state index contributed by atoms with van der Waals surface area (Å²) in [5.74, 6) is 1.15. The first-order valence-corrected chi connectivity index (χ1v) is 22.2. The number of aryl methyl sites for hydroxylation is 1. The molecule has 2 aromatic rings. The molecule has 7 rings (SSSR count). The SMILES string of the molecule is C=CC(=O)N1CCN2CCN(CC3(OC)/C=C/CC(C)C(C)S(=O)NC(=O)c4ccc5c(c4)N(CC(c4ccc(Cl)cc4CCC)CO5)CC4CCC43)CC2C1. The first-order valence-electron chi connectivity index (χ1n) is 20.6. The number of nitrogens with one attached hydrogen (secondary N) is 1. The first-order chi connectivity index (χ1) is 27.0. The predicted octanol–water partition coefficient (Wildman–Crippen LogP) is 6.08. The summed E-state index contributed by atoms with van der Waals surface area (Å²) < 4.78 is 29.8. The maximum Gasteiger partial charge on any atom is 0.263 e. The molecule has 2 bridgehead atoms. The lowest BCUT2D eigenvalue weighted by Gasteiger charge is -2.53. The quantitative estimate of drug-likeness (QED) is 0.266. The van der Waals surface area contributed by atoms with Crippen molar-refractivity contribution in [3.05, 3.63) is 82.9 Å². The minimum Gasteiger partial charge on any atom is -0.491 e. The second-order valence-electron chi connectivity index (χ2n) is 16.8. The number of carbonyl (C=O) groups excluding carboxylic acids is 2. The molecule has 8 unspecified atom stereocenters. The molecule has 56 heavy (non-hydrogen) atoms. The number of rotatable bonds is 7. The number of piperazine rings is 2. The highest BCUT2D eigenvalue weighted by Gasteiger charge is 2.49. The summed E-state index contributed by atoms with van der Waals surface area (Å²) in [7, 11) is 0.288. The number of ether oxygens (including phenoxy) is 2. The molecule has 4 aliphatic heterocycles. The number of nitrogens with zero attached hydrogens (tertiary/aromatic N) is 4. The molecule has 304 valence electrons. The molecule has 1 N–H and O–H groups in total. The van der Waals surface area contributed by atoms with Crippen LogP contribution in [-0.4, -0.2) is 120 Å². The molecule has 4 heterocycles. The molecular formula is C44H60ClN5O5S. The maximum absolute atomic E-state index is 13.6. The van der Waals surface area contributed by atoms with Crippen molar-refractivity contribution in [3.63, 3.8) is 0 Å². The van der Waals surface area contributed by atoms with E-state index in [-0.39, 0.29) is 40.9 Å². The second-order valence-corrected chi connectivity index (χ2v) is 18.7. The van der Waals surface area contributed by atoms with E-state index in [9.17, 15) is 13.8 Å². The van der Waals surface area contributed by atoms with E-state index < -0.39 is 16.6 Å². The Hall–Kier alpha value is -3.22. The Bertz CT molecular complexity index is 1830. The van der Waals surface area contributed by atoms with Gasteiger partial charge in [0.15, 0.2) is 0 Å². The molecule has 2 aromatic carbocycles. The van der Waals surface area contributed by atoms with Crippen LogP contribution in [0.5, 0.6) is 5.75 Å². The fourth-order valence-corrected chi connectivity index (χ4v) is 10.9. The summed E-state index contributed by atoms with van der Waals surface area (Å²) in [6.45, 7) is 17.8. The van der Waals surface area contributed by atoms with E-state index in [4.69, 9.17) is 21.1 Å². The predicted molar refractivity (Wildman–Crippen MR) is 225 cm³/mol. The number of benzene rings is 2. The molecule has 5 aliphatic rings. The number of hydrogen-bond acceptors (Lipinski definition) is 8. The van der Waals surface area contributed by atoms with Crippen molar-refractivity contribution in [2.75, 3.05) is 77.5 Å². The lowest BCUT2D eigenvalue weighted by atomic mass is 9.63. The molecule has 0 aromatic heterocycles. The van der Waals surface area contributed by atoms with Crippen molar-refractivity contribution in [2.24, 2.45) is 17.8 Å². The van der Waals surface area contributed by atoms with E-state index >= 15 is 0 Å². The Kier molecular flexibility index (Phi) is 13.0. The van der Waals surface area contributed by atoms with Crippen LogP contribution in [0, 0.1) is 17.8 Å². The highest BCUT2D eigenvalue weighted by molar-refractivity contribution is 7.84. The van der Waals surface area contributed by atoms with Crippen LogP contribution in [0.4, 0.5) is 5.69 Å². The van der Waals surface area contributed by atoms with Gasteiger partial charge in [-0.1, -0.05) is 56.7 Å². The lowest BCUT2D eigenvalue weighted by molar-refractivity contribution is -0.131. The van der Waals surface area contributed by atoms with E-state index in [1.807, 2.05) is 37.1 Å². The summed E-state index contributed by atoms with van der Waals surface area (Å²) >= 11 is 6.52. The summed E-state index contributed by atoms with van der Waals surface area (Å²) in [6, 6.07) is 12.1. The third-order valence-electron chi connectivity index (χ3n) is 13.4. The van der Waals surface area contributed by atoms with Gasteiger partial charge in [-0.25, -0.2) is 4.21 Å². The monoisotopic (exact) mass is 805 g/mol. The van der Waals surface area contributed by atoms with E-state index in [1.165, 1.54) is 17.2 Å². The lowest BCUT2D eigenvalue weighted by Crippen LogP contribution is -2.65. The number of methoxy groups -OCH3 is 1. The van der Waals surface area contributed by atoms with Crippen molar-refractivity contribution in [1.29, 1.82) is 0 Å².